The van der Waals surface area contributed by atoms with E-state index in [0.29, 0.717) is 6.42 Å². The lowest BCUT2D eigenvalue weighted by Crippen LogP contribution is -1.92. The Morgan fingerprint density at radius 1 is 1.60 bits per heavy atom. The van der Waals surface area contributed by atoms with Crippen LogP contribution in [-0.4, -0.2) is 16.8 Å². The van der Waals surface area contributed by atoms with Gasteiger partial charge in [0.2, 0.25) is 0 Å². The van der Waals surface area contributed by atoms with Gasteiger partial charge in [-0.1, -0.05) is 18.0 Å². The van der Waals surface area contributed by atoms with Gasteiger partial charge in [0.1, 0.15) is 0 Å². The van der Waals surface area contributed by atoms with E-state index < -0.39 is 5.13 Å². The second kappa shape index (κ2) is 3.05. The van der Waals surface area contributed by atoms with E-state index in [4.69, 9.17) is 16.7 Å². The molecule has 1 saturated carbocycles. The van der Waals surface area contributed by atoms with Gasteiger partial charge in [0, 0.05) is 18.9 Å². The maximum absolute atomic E-state index is 12.6. The zero-order valence-electron chi connectivity index (χ0n) is 5.82. The molecule has 0 bridgehead atoms. The molecule has 0 heterocycles. The summed E-state index contributed by atoms with van der Waals surface area (Å²) < 4.78 is 12.6. The number of rotatable bonds is 4. The van der Waals surface area contributed by atoms with Crippen LogP contribution in [0.2, 0.25) is 0 Å². The minimum atomic E-state index is -1.39. The van der Waals surface area contributed by atoms with Crippen molar-refractivity contribution in [3.63, 3.8) is 0 Å². The van der Waals surface area contributed by atoms with Crippen molar-refractivity contribution in [3.8, 4) is 0 Å². The zero-order chi connectivity index (χ0) is 7.61. The molecule has 0 amide bonds. The van der Waals surface area contributed by atoms with Gasteiger partial charge in [0.25, 0.3) is 0 Å². The highest BCUT2D eigenvalue weighted by Gasteiger charge is 2.53. The number of halogens is 2. The van der Waals surface area contributed by atoms with Gasteiger partial charge in [-0.2, -0.15) is 0 Å². The van der Waals surface area contributed by atoms with E-state index >= 15 is 0 Å². The second-order valence-corrected chi connectivity index (χ2v) is 3.51. The highest BCUT2D eigenvalue weighted by molar-refractivity contribution is 6.24. The van der Waals surface area contributed by atoms with E-state index in [9.17, 15) is 4.39 Å². The number of unbranched alkanes of at least 4 members (excludes halogenated alkanes) is 1. The van der Waals surface area contributed by atoms with E-state index in [1.54, 1.807) is 0 Å². The first-order chi connectivity index (χ1) is 4.67. The van der Waals surface area contributed by atoms with Gasteiger partial charge in [-0.25, -0.2) is 4.39 Å². The Bertz CT molecular complexity index is 116. The van der Waals surface area contributed by atoms with Gasteiger partial charge in [-0.15, -0.1) is 0 Å². The van der Waals surface area contributed by atoms with E-state index in [2.05, 4.69) is 0 Å². The third-order valence-electron chi connectivity index (χ3n) is 1.92. The molecular formula is C7H12ClFO. The zero-order valence-corrected chi connectivity index (χ0v) is 6.57. The summed E-state index contributed by atoms with van der Waals surface area (Å²) in [6, 6.07) is 0. The van der Waals surface area contributed by atoms with Crippen LogP contribution in [0.1, 0.15) is 25.7 Å². The highest BCUT2D eigenvalue weighted by atomic mass is 35.5. The fourth-order valence-electron chi connectivity index (χ4n) is 1.09. The SMILES string of the molecule is OCCCCC1CC1(F)Cl. The molecule has 2 atom stereocenters. The smallest absolute Gasteiger partial charge is 0.187 e. The molecule has 0 saturated heterocycles. The van der Waals surface area contributed by atoms with Crippen LogP contribution in [0.15, 0.2) is 0 Å². The largest absolute Gasteiger partial charge is 0.396 e. The Hall–Kier alpha value is 0.180. The van der Waals surface area contributed by atoms with Crippen molar-refractivity contribution in [1.82, 2.24) is 0 Å². The van der Waals surface area contributed by atoms with Gasteiger partial charge >= 0.3 is 0 Å². The maximum atomic E-state index is 12.6. The van der Waals surface area contributed by atoms with Crippen molar-refractivity contribution < 1.29 is 9.50 Å². The molecule has 2 unspecified atom stereocenters. The van der Waals surface area contributed by atoms with Crippen molar-refractivity contribution in [2.45, 2.75) is 30.8 Å². The van der Waals surface area contributed by atoms with Gasteiger partial charge in [-0.05, 0) is 12.8 Å². The fraction of sp³-hybridized carbons (Fsp3) is 1.00. The molecule has 1 nitrogen and oxygen atoms in total. The van der Waals surface area contributed by atoms with Crippen LogP contribution in [0.25, 0.3) is 0 Å². The average molecular weight is 167 g/mol. The monoisotopic (exact) mass is 166 g/mol. The third kappa shape index (κ3) is 2.10. The lowest BCUT2D eigenvalue weighted by Gasteiger charge is -1.96. The number of alkyl halides is 2. The molecule has 0 aromatic carbocycles. The number of hydrogen-bond acceptors (Lipinski definition) is 1. The van der Waals surface area contributed by atoms with Crippen LogP contribution in [-0.2, 0) is 0 Å². The molecule has 1 rings (SSSR count). The summed E-state index contributed by atoms with van der Waals surface area (Å²) in [6.07, 6.45) is 2.98. The molecule has 0 spiro atoms. The maximum Gasteiger partial charge on any atom is 0.187 e. The Labute approximate surface area is 65.2 Å². The number of aliphatic hydroxyl groups excluding tert-OH is 1. The summed E-state index contributed by atoms with van der Waals surface area (Å²) in [5.74, 6) is 0.0562. The number of aliphatic hydroxyl groups is 1. The van der Waals surface area contributed by atoms with Crippen LogP contribution in [0.4, 0.5) is 4.39 Å². The van der Waals surface area contributed by atoms with Crippen molar-refractivity contribution in [2.75, 3.05) is 6.61 Å². The molecule has 0 aromatic heterocycles. The molecule has 1 N–H and O–H groups in total. The normalized spacial score (nSPS) is 38.1. The van der Waals surface area contributed by atoms with Crippen LogP contribution < -0.4 is 0 Å². The molecule has 0 aliphatic heterocycles. The highest BCUT2D eigenvalue weighted by Crippen LogP contribution is 2.53. The molecule has 0 radical (unpaired) electrons. The molecule has 1 fully saturated rings. The Balaban J connectivity index is 1.97. The second-order valence-electron chi connectivity index (χ2n) is 2.88. The first kappa shape index (κ1) is 8.28. The van der Waals surface area contributed by atoms with Crippen molar-refractivity contribution >= 4 is 11.6 Å². The van der Waals surface area contributed by atoms with Crippen molar-refractivity contribution in [2.24, 2.45) is 5.92 Å². The van der Waals surface area contributed by atoms with Gasteiger partial charge in [-0.3, -0.25) is 0 Å². The lowest BCUT2D eigenvalue weighted by atomic mass is 10.2. The molecule has 1 aliphatic carbocycles. The molecular weight excluding hydrogens is 155 g/mol. The molecule has 0 aromatic rings. The predicted octanol–water partition coefficient (Wildman–Crippen LogP) is 2.07. The molecule has 3 heteroatoms. The quantitative estimate of drug-likeness (QED) is 0.501. The molecule has 1 aliphatic rings. The van der Waals surface area contributed by atoms with Crippen molar-refractivity contribution in [3.05, 3.63) is 0 Å². The minimum Gasteiger partial charge on any atom is -0.396 e. The van der Waals surface area contributed by atoms with Gasteiger partial charge in [0.15, 0.2) is 5.13 Å². The first-order valence-corrected chi connectivity index (χ1v) is 4.03. The Morgan fingerprint density at radius 2 is 2.20 bits per heavy atom. The lowest BCUT2D eigenvalue weighted by molar-refractivity contribution is 0.279. The van der Waals surface area contributed by atoms with Crippen LogP contribution in [0.5, 0.6) is 0 Å². The number of hydrogen-bond donors (Lipinski definition) is 1. The topological polar surface area (TPSA) is 20.2 Å². The Kier molecular flexibility index (Phi) is 2.53. The molecule has 10 heavy (non-hydrogen) atoms. The van der Waals surface area contributed by atoms with E-state index in [-0.39, 0.29) is 12.5 Å². The van der Waals surface area contributed by atoms with E-state index in [0.717, 1.165) is 19.3 Å². The predicted molar refractivity (Wildman–Crippen MR) is 38.7 cm³/mol. The summed E-state index contributed by atoms with van der Waals surface area (Å²) >= 11 is 5.36. The summed E-state index contributed by atoms with van der Waals surface area (Å²) in [7, 11) is 0. The fourth-order valence-corrected chi connectivity index (χ4v) is 1.38. The average Bonchev–Trinajstić information content (AvgIpc) is 2.41. The van der Waals surface area contributed by atoms with Crippen LogP contribution in [0.3, 0.4) is 0 Å². The van der Waals surface area contributed by atoms with Crippen molar-refractivity contribution in [1.29, 1.82) is 0 Å². The first-order valence-electron chi connectivity index (χ1n) is 3.65. The summed E-state index contributed by atoms with van der Waals surface area (Å²) in [5, 5.41) is 7.01. The molecule has 60 valence electrons. The summed E-state index contributed by atoms with van der Waals surface area (Å²) in [4.78, 5) is 0. The van der Waals surface area contributed by atoms with E-state index in [1.807, 2.05) is 0 Å². The van der Waals surface area contributed by atoms with Gasteiger partial charge < -0.3 is 5.11 Å². The van der Waals surface area contributed by atoms with Gasteiger partial charge in [0.05, 0.1) is 0 Å². The minimum absolute atomic E-state index is 0.0562. The third-order valence-corrected chi connectivity index (χ3v) is 2.38. The standard InChI is InChI=1S/C7H12ClFO/c8-7(9)5-6(7)3-1-2-4-10/h6,10H,1-5H2. The summed E-state index contributed by atoms with van der Waals surface area (Å²) in [5.41, 5.74) is 0. The summed E-state index contributed by atoms with van der Waals surface area (Å²) in [6.45, 7) is 0.203. The van der Waals surface area contributed by atoms with Crippen LogP contribution in [0, 0.1) is 5.92 Å². The van der Waals surface area contributed by atoms with Crippen LogP contribution >= 0.6 is 11.6 Å². The van der Waals surface area contributed by atoms with E-state index in [1.165, 1.54) is 0 Å². The Morgan fingerprint density at radius 3 is 2.60 bits per heavy atom.